The second-order valence-corrected chi connectivity index (χ2v) is 2.55. The molecule has 1 radical (unpaired) electrons. The van der Waals surface area contributed by atoms with E-state index in [4.69, 9.17) is 0 Å². The van der Waals surface area contributed by atoms with Crippen molar-refractivity contribution in [3.63, 3.8) is 0 Å². The molecule has 1 aliphatic heterocycles. The van der Waals surface area contributed by atoms with Gasteiger partial charge in [-0.05, 0) is 7.05 Å². The van der Waals surface area contributed by atoms with E-state index in [0.29, 0.717) is 12.1 Å². The first-order valence-corrected chi connectivity index (χ1v) is 3.10. The van der Waals surface area contributed by atoms with Crippen LogP contribution >= 0.6 is 0 Å². The van der Waals surface area contributed by atoms with Crippen LogP contribution in [0.15, 0.2) is 0 Å². The normalized spacial score (nSPS) is 36.3. The summed E-state index contributed by atoms with van der Waals surface area (Å²) in [6.07, 6.45) is 2.43. The molecule has 2 heteroatoms. The van der Waals surface area contributed by atoms with E-state index in [9.17, 15) is 0 Å². The fourth-order valence-corrected chi connectivity index (χ4v) is 1.09. The average molecular weight is 200 g/mol. The van der Waals surface area contributed by atoms with Crippen LogP contribution in [-0.4, -0.2) is 24.0 Å². The SMILES string of the molecule is [CH2-]C1CCC([CH2-])N1C.[Y]. The average Bonchev–Trinajstić information content (AvgIpc) is 1.98. The monoisotopic (exact) mass is 200 g/mol. The largest absolute Gasteiger partial charge is 0.360 e. The van der Waals surface area contributed by atoms with E-state index in [1.807, 2.05) is 0 Å². The smallest absolute Gasteiger partial charge is 0 e. The van der Waals surface area contributed by atoms with E-state index in [2.05, 4.69) is 25.8 Å². The van der Waals surface area contributed by atoms with Gasteiger partial charge < -0.3 is 18.7 Å². The number of rotatable bonds is 0. The van der Waals surface area contributed by atoms with Crippen molar-refractivity contribution in [2.24, 2.45) is 0 Å². The van der Waals surface area contributed by atoms with Crippen molar-refractivity contribution in [3.8, 4) is 0 Å². The summed E-state index contributed by atoms with van der Waals surface area (Å²) < 4.78 is 0. The third-order valence-electron chi connectivity index (χ3n) is 1.99. The van der Waals surface area contributed by atoms with Crippen molar-refractivity contribution in [2.75, 3.05) is 7.05 Å². The minimum absolute atomic E-state index is 0. The van der Waals surface area contributed by atoms with Gasteiger partial charge in [0, 0.05) is 32.7 Å². The van der Waals surface area contributed by atoms with Gasteiger partial charge in [-0.2, -0.15) is 0 Å². The molecule has 1 rings (SSSR count). The van der Waals surface area contributed by atoms with Crippen molar-refractivity contribution in [1.82, 2.24) is 4.90 Å². The molecule has 0 aromatic heterocycles. The first-order chi connectivity index (χ1) is 3.72. The molecule has 1 fully saturated rings. The molecule has 0 bridgehead atoms. The zero-order valence-electron chi connectivity index (χ0n) is 6.01. The second kappa shape index (κ2) is 4.05. The molecule has 0 aromatic carbocycles. The van der Waals surface area contributed by atoms with Crippen LogP contribution in [0.3, 0.4) is 0 Å². The van der Waals surface area contributed by atoms with Gasteiger partial charge in [0.25, 0.3) is 0 Å². The van der Waals surface area contributed by atoms with Crippen LogP contribution in [0.2, 0.25) is 0 Å². The Labute approximate surface area is 83.1 Å². The first kappa shape index (κ1) is 10.1. The van der Waals surface area contributed by atoms with Gasteiger partial charge in [0.1, 0.15) is 0 Å². The van der Waals surface area contributed by atoms with Crippen LogP contribution in [0.25, 0.3) is 0 Å². The summed E-state index contributed by atoms with van der Waals surface area (Å²) in [6.45, 7) is 7.91. The van der Waals surface area contributed by atoms with Crippen LogP contribution < -0.4 is 0 Å². The molecular weight excluding hydrogens is 187 g/mol. The predicted octanol–water partition coefficient (Wildman–Crippen LogP) is 1.11. The standard InChI is InChI=1S/C7H13N.Y/c1-6-4-5-7(2)8(6)3;/h6-7H,1-2,4-5H2,3H3;/q-2;. The zero-order chi connectivity index (χ0) is 6.15. The molecule has 1 aliphatic rings. The summed E-state index contributed by atoms with van der Waals surface area (Å²) in [4.78, 5) is 2.22. The van der Waals surface area contributed by atoms with Gasteiger partial charge >= 0.3 is 0 Å². The van der Waals surface area contributed by atoms with Crippen molar-refractivity contribution in [2.45, 2.75) is 24.9 Å². The van der Waals surface area contributed by atoms with Gasteiger partial charge in [-0.1, -0.05) is 12.8 Å². The van der Waals surface area contributed by atoms with E-state index >= 15 is 0 Å². The Balaban J connectivity index is 0.000000640. The molecule has 1 saturated heterocycles. The molecule has 2 atom stereocenters. The minimum Gasteiger partial charge on any atom is -0.360 e. The van der Waals surface area contributed by atoms with Crippen LogP contribution in [0.4, 0.5) is 0 Å². The number of likely N-dealkylation sites (tertiary alicyclic amines) is 1. The Morgan fingerprint density at radius 3 is 1.67 bits per heavy atom. The maximum absolute atomic E-state index is 3.95. The molecule has 0 N–H and O–H groups in total. The number of nitrogens with zero attached hydrogens (tertiary/aromatic N) is 1. The summed E-state index contributed by atoms with van der Waals surface area (Å²) in [5.41, 5.74) is 0. The fraction of sp³-hybridized carbons (Fsp3) is 0.714. The van der Waals surface area contributed by atoms with Crippen molar-refractivity contribution < 1.29 is 32.7 Å². The maximum Gasteiger partial charge on any atom is 0 e. The molecule has 1 nitrogen and oxygen atoms in total. The summed E-state index contributed by atoms with van der Waals surface area (Å²) >= 11 is 0. The summed E-state index contributed by atoms with van der Waals surface area (Å²) in [7, 11) is 2.09. The Hall–Kier alpha value is 1.06. The van der Waals surface area contributed by atoms with Crippen LogP contribution in [0.5, 0.6) is 0 Å². The Morgan fingerprint density at radius 1 is 1.22 bits per heavy atom. The third-order valence-corrected chi connectivity index (χ3v) is 1.99. The predicted molar refractivity (Wildman–Crippen MR) is 35.3 cm³/mol. The number of hydrogen-bond donors (Lipinski definition) is 0. The molecule has 2 unspecified atom stereocenters. The summed E-state index contributed by atoms with van der Waals surface area (Å²) in [5, 5.41) is 0. The molecule has 51 valence electrons. The molecule has 0 aromatic rings. The van der Waals surface area contributed by atoms with Crippen LogP contribution in [-0.2, 0) is 32.7 Å². The van der Waals surface area contributed by atoms with Crippen molar-refractivity contribution in [3.05, 3.63) is 13.8 Å². The van der Waals surface area contributed by atoms with E-state index < -0.39 is 0 Å². The minimum atomic E-state index is 0. The van der Waals surface area contributed by atoms with Gasteiger partial charge in [0.05, 0.1) is 0 Å². The Bertz CT molecular complexity index is 75.0. The molecule has 0 spiro atoms. The first-order valence-electron chi connectivity index (χ1n) is 3.10. The molecule has 9 heavy (non-hydrogen) atoms. The Kier molecular flexibility index (Phi) is 4.53. The quantitative estimate of drug-likeness (QED) is 0.529. The van der Waals surface area contributed by atoms with Crippen molar-refractivity contribution in [1.29, 1.82) is 0 Å². The van der Waals surface area contributed by atoms with Gasteiger partial charge in [-0.15, -0.1) is 12.1 Å². The topological polar surface area (TPSA) is 3.24 Å². The molecule has 1 heterocycles. The zero-order valence-corrected chi connectivity index (χ0v) is 8.85. The summed E-state index contributed by atoms with van der Waals surface area (Å²) in [6, 6.07) is 1.02. The van der Waals surface area contributed by atoms with Crippen LogP contribution in [0, 0.1) is 13.8 Å². The maximum atomic E-state index is 3.95. The molecule has 0 aliphatic carbocycles. The van der Waals surface area contributed by atoms with E-state index in [1.54, 1.807) is 0 Å². The Morgan fingerprint density at radius 2 is 1.56 bits per heavy atom. The van der Waals surface area contributed by atoms with Gasteiger partial charge in [0.2, 0.25) is 0 Å². The fourth-order valence-electron chi connectivity index (χ4n) is 1.09. The molecular formula is C7H13NY-2. The van der Waals surface area contributed by atoms with E-state index in [1.165, 1.54) is 12.8 Å². The van der Waals surface area contributed by atoms with Crippen molar-refractivity contribution >= 4 is 0 Å². The molecule has 0 saturated carbocycles. The van der Waals surface area contributed by atoms with E-state index in [-0.39, 0.29) is 32.7 Å². The molecule has 0 amide bonds. The van der Waals surface area contributed by atoms with E-state index in [0.717, 1.165) is 0 Å². The van der Waals surface area contributed by atoms with Gasteiger partial charge in [0.15, 0.2) is 0 Å². The van der Waals surface area contributed by atoms with Gasteiger partial charge in [-0.25, -0.2) is 0 Å². The number of hydrogen-bond acceptors (Lipinski definition) is 1. The third kappa shape index (κ3) is 2.29. The van der Waals surface area contributed by atoms with Crippen LogP contribution in [0.1, 0.15) is 12.8 Å². The van der Waals surface area contributed by atoms with Gasteiger partial charge in [-0.3, -0.25) is 0 Å². The second-order valence-electron chi connectivity index (χ2n) is 2.55. The summed E-state index contributed by atoms with van der Waals surface area (Å²) in [5.74, 6) is 0.